The molecule has 0 bridgehead atoms. The number of pyridine rings is 1. The van der Waals surface area contributed by atoms with Gasteiger partial charge in [0, 0.05) is 31.0 Å². The van der Waals surface area contributed by atoms with E-state index in [1.54, 1.807) is 24.3 Å². The van der Waals surface area contributed by atoms with Crippen molar-refractivity contribution in [3.05, 3.63) is 78.1 Å². The van der Waals surface area contributed by atoms with Crippen molar-refractivity contribution < 1.29 is 24.2 Å². The zero-order valence-corrected chi connectivity index (χ0v) is 24.9. The van der Waals surface area contributed by atoms with Crippen LogP contribution in [0.2, 0.25) is 0 Å². The third kappa shape index (κ3) is 7.57. The third-order valence-corrected chi connectivity index (χ3v) is 8.18. The normalized spacial score (nSPS) is 19.0. The molecule has 12 nitrogen and oxygen atoms in total. The molecule has 1 aromatic carbocycles. The maximum absolute atomic E-state index is 12.9. The van der Waals surface area contributed by atoms with Crippen LogP contribution in [0, 0.1) is 0 Å². The molecule has 0 unspecified atom stereocenters. The molecule has 2 aromatic heterocycles. The van der Waals surface area contributed by atoms with Crippen LogP contribution in [0.5, 0.6) is 0 Å². The van der Waals surface area contributed by atoms with Crippen molar-refractivity contribution in [3.63, 3.8) is 0 Å². The highest BCUT2D eigenvalue weighted by atomic mass is 16.5. The highest BCUT2D eigenvalue weighted by Crippen LogP contribution is 2.35. The lowest BCUT2D eigenvalue weighted by molar-refractivity contribution is -0.186. The molecule has 5 rings (SSSR count). The molecule has 3 heterocycles. The van der Waals surface area contributed by atoms with E-state index in [-0.39, 0.29) is 30.5 Å². The van der Waals surface area contributed by atoms with Crippen LogP contribution in [0.15, 0.2) is 61.3 Å². The summed E-state index contributed by atoms with van der Waals surface area (Å²) < 4.78 is 10.0. The van der Waals surface area contributed by atoms with E-state index < -0.39 is 5.60 Å². The van der Waals surface area contributed by atoms with Gasteiger partial charge in [0.05, 0.1) is 18.9 Å². The summed E-state index contributed by atoms with van der Waals surface area (Å²) in [6, 6.07) is 14.0. The first-order valence-corrected chi connectivity index (χ1v) is 14.8. The van der Waals surface area contributed by atoms with Crippen LogP contribution in [0.25, 0.3) is 0 Å². The molecule has 1 amide bonds. The summed E-state index contributed by atoms with van der Waals surface area (Å²) in [6.45, 7) is 5.97. The van der Waals surface area contributed by atoms with Crippen LogP contribution in [-0.2, 0) is 19.9 Å². The Balaban J connectivity index is 1.26. The van der Waals surface area contributed by atoms with Crippen molar-refractivity contribution in [2.45, 2.75) is 43.2 Å². The summed E-state index contributed by atoms with van der Waals surface area (Å²) >= 11 is 0. The smallest absolute Gasteiger partial charge is 0.293 e. The van der Waals surface area contributed by atoms with Gasteiger partial charge in [0.15, 0.2) is 5.60 Å². The number of carbonyl (C=O) groups excluding carboxylic acids is 2. The maximum Gasteiger partial charge on any atom is 0.293 e. The van der Waals surface area contributed by atoms with E-state index in [2.05, 4.69) is 61.6 Å². The lowest BCUT2D eigenvalue weighted by atomic mass is 9.81. The fraction of sp³-hybridized carbons (Fsp3) is 0.406. The SMILES string of the molecule is C=CCNC(=O)c1cnc(Nc2ccc(C3CCC(N(C)CCOC=O)CC3)cc2)nc1Nc1cccc(C2(O)COC2)n1. The molecule has 2 aliphatic rings. The van der Waals surface area contributed by atoms with E-state index in [0.29, 0.717) is 49.0 Å². The maximum atomic E-state index is 12.9. The van der Waals surface area contributed by atoms with E-state index in [1.807, 2.05) is 12.1 Å². The lowest BCUT2D eigenvalue weighted by Crippen LogP contribution is -2.47. The number of hydrogen-bond acceptors (Lipinski definition) is 11. The first-order valence-electron chi connectivity index (χ1n) is 14.8. The number of nitrogens with one attached hydrogen (secondary N) is 3. The monoisotopic (exact) mass is 601 g/mol. The zero-order chi connectivity index (χ0) is 30.9. The van der Waals surface area contributed by atoms with E-state index in [0.717, 1.165) is 37.9 Å². The Morgan fingerprint density at radius 3 is 2.59 bits per heavy atom. The lowest BCUT2D eigenvalue weighted by Gasteiger charge is -2.35. The number of rotatable bonds is 14. The highest BCUT2D eigenvalue weighted by molar-refractivity contribution is 5.99. The number of amides is 1. The number of carbonyl (C=O) groups is 2. The van der Waals surface area contributed by atoms with Gasteiger partial charge in [-0.05, 0) is 68.5 Å². The largest absolute Gasteiger partial charge is 0.467 e. The Morgan fingerprint density at radius 2 is 1.91 bits per heavy atom. The number of aromatic nitrogens is 3. The Hall–Kier alpha value is -4.39. The van der Waals surface area contributed by atoms with Crippen LogP contribution in [0.4, 0.5) is 23.3 Å². The number of likely N-dealkylation sites (N-methyl/N-ethyl adjacent to an activating group) is 1. The molecule has 1 aliphatic heterocycles. The van der Waals surface area contributed by atoms with Gasteiger partial charge in [-0.2, -0.15) is 4.98 Å². The van der Waals surface area contributed by atoms with Gasteiger partial charge in [-0.3, -0.25) is 9.59 Å². The number of benzene rings is 1. The van der Waals surface area contributed by atoms with Crippen molar-refractivity contribution in [2.75, 3.05) is 50.6 Å². The van der Waals surface area contributed by atoms with Crippen LogP contribution >= 0.6 is 0 Å². The zero-order valence-electron chi connectivity index (χ0n) is 24.9. The molecule has 3 aromatic rings. The molecule has 1 aliphatic carbocycles. The summed E-state index contributed by atoms with van der Waals surface area (Å²) in [5, 5.41) is 19.8. The number of hydrogen-bond donors (Lipinski definition) is 4. The number of anilines is 4. The predicted molar refractivity (Wildman–Crippen MR) is 166 cm³/mol. The van der Waals surface area contributed by atoms with Crippen molar-refractivity contribution in [3.8, 4) is 0 Å². The number of nitrogens with zero attached hydrogens (tertiary/aromatic N) is 4. The van der Waals surface area contributed by atoms with Crippen molar-refractivity contribution >= 4 is 35.7 Å². The van der Waals surface area contributed by atoms with Crippen molar-refractivity contribution in [1.82, 2.24) is 25.2 Å². The summed E-state index contributed by atoms with van der Waals surface area (Å²) in [4.78, 5) is 39.1. The van der Waals surface area contributed by atoms with Crippen LogP contribution in [-0.4, -0.2) is 83.3 Å². The quantitative estimate of drug-likeness (QED) is 0.122. The molecule has 44 heavy (non-hydrogen) atoms. The first-order chi connectivity index (χ1) is 21.4. The average molecular weight is 602 g/mol. The van der Waals surface area contributed by atoms with E-state index in [1.165, 1.54) is 11.8 Å². The molecule has 1 saturated carbocycles. The minimum absolute atomic E-state index is 0.177. The molecule has 0 spiro atoms. The fourth-order valence-corrected chi connectivity index (χ4v) is 5.54. The second-order valence-electron chi connectivity index (χ2n) is 11.2. The molecule has 232 valence electrons. The van der Waals surface area contributed by atoms with Gasteiger partial charge in [0.1, 0.15) is 23.8 Å². The molecule has 12 heteroatoms. The van der Waals surface area contributed by atoms with Crippen LogP contribution < -0.4 is 16.0 Å². The summed E-state index contributed by atoms with van der Waals surface area (Å²) in [7, 11) is 2.09. The molecule has 2 fully saturated rings. The molecule has 1 saturated heterocycles. The van der Waals surface area contributed by atoms with Crippen molar-refractivity contribution in [1.29, 1.82) is 0 Å². The van der Waals surface area contributed by atoms with Crippen LogP contribution in [0.1, 0.15) is 53.2 Å². The molecule has 0 radical (unpaired) electrons. The van der Waals surface area contributed by atoms with Gasteiger partial charge in [0.25, 0.3) is 12.4 Å². The van der Waals surface area contributed by atoms with Gasteiger partial charge >= 0.3 is 0 Å². The first kappa shape index (κ1) is 31.0. The van der Waals surface area contributed by atoms with Gasteiger partial charge in [-0.25, -0.2) is 9.97 Å². The minimum atomic E-state index is -1.13. The molecule has 0 atom stereocenters. The number of aliphatic hydroxyl groups is 1. The van der Waals surface area contributed by atoms with Crippen molar-refractivity contribution in [2.24, 2.45) is 0 Å². The van der Waals surface area contributed by atoms with Gasteiger partial charge in [-0.1, -0.05) is 24.3 Å². The summed E-state index contributed by atoms with van der Waals surface area (Å²) in [5.41, 5.74) is 1.70. The topological polar surface area (TPSA) is 151 Å². The molecule has 4 N–H and O–H groups in total. The van der Waals surface area contributed by atoms with E-state index >= 15 is 0 Å². The summed E-state index contributed by atoms with van der Waals surface area (Å²) in [6.07, 6.45) is 7.46. The summed E-state index contributed by atoms with van der Waals surface area (Å²) in [5.74, 6) is 1.13. The molecular formula is C32H39N7O5. The highest BCUT2D eigenvalue weighted by Gasteiger charge is 2.39. The second-order valence-corrected chi connectivity index (χ2v) is 11.2. The van der Waals surface area contributed by atoms with Gasteiger partial charge in [0.2, 0.25) is 5.95 Å². The molecular weight excluding hydrogens is 562 g/mol. The Kier molecular flexibility index (Phi) is 10.2. The fourth-order valence-electron chi connectivity index (χ4n) is 5.54. The number of ether oxygens (including phenoxy) is 2. The standard InChI is InChI=1S/C32H39N7O5/c1-3-15-33-30(41)26-18-34-31(38-29(26)37-28-6-4-5-27(36-28)32(42)19-44-20-32)35-24-11-7-22(8-12-24)23-9-13-25(14-10-23)39(2)16-17-43-21-40/h3-8,11-12,18,21,23,25,42H,1,9-10,13-17,19-20H2,2H3,(H,33,41)(H2,34,35,36,37,38). The third-order valence-electron chi connectivity index (χ3n) is 8.18. The van der Waals surface area contributed by atoms with E-state index in [4.69, 9.17) is 9.47 Å². The Bertz CT molecular complexity index is 1440. The van der Waals surface area contributed by atoms with E-state index in [9.17, 15) is 14.7 Å². The Morgan fingerprint density at radius 1 is 1.14 bits per heavy atom. The van der Waals surface area contributed by atoms with Gasteiger partial charge in [-0.15, -0.1) is 6.58 Å². The van der Waals surface area contributed by atoms with Crippen LogP contribution in [0.3, 0.4) is 0 Å². The minimum Gasteiger partial charge on any atom is -0.467 e. The Labute approximate surface area is 256 Å². The average Bonchev–Trinajstić information content (AvgIpc) is 3.03. The van der Waals surface area contributed by atoms with Gasteiger partial charge < -0.3 is 35.4 Å². The predicted octanol–water partition coefficient (Wildman–Crippen LogP) is 3.62. The second kappa shape index (κ2) is 14.4.